The van der Waals surface area contributed by atoms with Crippen molar-refractivity contribution in [3.8, 4) is 0 Å². The Morgan fingerprint density at radius 2 is 2.50 bits per heavy atom. The predicted molar refractivity (Wildman–Crippen MR) is 38.1 cm³/mol. The molecule has 0 heterocycles. The van der Waals surface area contributed by atoms with Crippen LogP contribution in [0.3, 0.4) is 0 Å². The van der Waals surface area contributed by atoms with Crippen molar-refractivity contribution in [2.24, 2.45) is 0 Å². The number of ether oxygens (including phenoxy) is 1. The minimum absolute atomic E-state index is 0.172. The summed E-state index contributed by atoms with van der Waals surface area (Å²) in [6.07, 6.45) is 4.62. The fourth-order valence-electron chi connectivity index (χ4n) is 0.936. The van der Waals surface area contributed by atoms with E-state index in [9.17, 15) is 4.39 Å². The highest BCUT2D eigenvalue weighted by atomic mass is 19.1. The number of hydrogen-bond acceptors (Lipinski definition) is 1. The van der Waals surface area contributed by atoms with Gasteiger partial charge in [0.05, 0.1) is 12.4 Å². The van der Waals surface area contributed by atoms with Crippen LogP contribution in [0.25, 0.3) is 0 Å². The lowest BCUT2D eigenvalue weighted by Crippen LogP contribution is -1.95. The predicted octanol–water partition coefficient (Wildman–Crippen LogP) is 2.55. The average molecular weight is 142 g/mol. The van der Waals surface area contributed by atoms with Crippen LogP contribution in [0.5, 0.6) is 0 Å². The molecule has 0 fully saturated rings. The van der Waals surface area contributed by atoms with E-state index >= 15 is 0 Å². The third kappa shape index (κ3) is 1.87. The van der Waals surface area contributed by atoms with Crippen LogP contribution in [-0.4, -0.2) is 6.61 Å². The highest BCUT2D eigenvalue weighted by molar-refractivity contribution is 5.19. The number of allylic oxidation sites excluding steroid dienone is 4. The third-order valence-corrected chi connectivity index (χ3v) is 1.36. The first-order chi connectivity index (χ1) is 4.83. The van der Waals surface area contributed by atoms with Crippen molar-refractivity contribution in [2.45, 2.75) is 19.8 Å². The summed E-state index contributed by atoms with van der Waals surface area (Å²) in [5, 5.41) is 0. The molecule has 0 aromatic rings. The molecular weight excluding hydrogens is 131 g/mol. The van der Waals surface area contributed by atoms with Gasteiger partial charge in [-0.1, -0.05) is 0 Å². The van der Waals surface area contributed by atoms with Gasteiger partial charge in [0.1, 0.15) is 5.83 Å². The van der Waals surface area contributed by atoms with Gasteiger partial charge < -0.3 is 4.74 Å². The Bertz CT molecular complexity index is 170. The molecule has 0 unspecified atom stereocenters. The Kier molecular flexibility index (Phi) is 2.49. The molecule has 0 radical (unpaired) electrons. The van der Waals surface area contributed by atoms with Crippen LogP contribution >= 0.6 is 0 Å². The fourth-order valence-corrected chi connectivity index (χ4v) is 0.936. The highest BCUT2D eigenvalue weighted by Gasteiger charge is 2.03. The molecule has 0 aromatic carbocycles. The summed E-state index contributed by atoms with van der Waals surface area (Å²) in [4.78, 5) is 0. The monoisotopic (exact) mass is 142 g/mol. The molecule has 0 saturated heterocycles. The highest BCUT2D eigenvalue weighted by Crippen LogP contribution is 2.18. The van der Waals surface area contributed by atoms with E-state index < -0.39 is 0 Å². The van der Waals surface area contributed by atoms with Crippen LogP contribution in [0.15, 0.2) is 23.7 Å². The zero-order valence-corrected chi connectivity index (χ0v) is 6.06. The van der Waals surface area contributed by atoms with E-state index in [-0.39, 0.29) is 5.83 Å². The maximum atomic E-state index is 12.5. The van der Waals surface area contributed by atoms with E-state index in [1.54, 1.807) is 6.08 Å². The maximum Gasteiger partial charge on any atom is 0.122 e. The van der Waals surface area contributed by atoms with Crippen LogP contribution in [0, 0.1) is 0 Å². The van der Waals surface area contributed by atoms with Gasteiger partial charge >= 0.3 is 0 Å². The minimum atomic E-state index is -0.172. The van der Waals surface area contributed by atoms with E-state index in [2.05, 4.69) is 0 Å². The molecule has 0 atom stereocenters. The summed E-state index contributed by atoms with van der Waals surface area (Å²) >= 11 is 0. The average Bonchev–Trinajstić information content (AvgIpc) is 1.88. The van der Waals surface area contributed by atoms with E-state index in [0.717, 1.165) is 18.6 Å². The minimum Gasteiger partial charge on any atom is -0.498 e. The van der Waals surface area contributed by atoms with Gasteiger partial charge in [-0.25, -0.2) is 4.39 Å². The molecule has 0 spiro atoms. The summed E-state index contributed by atoms with van der Waals surface area (Å²) < 4.78 is 17.6. The van der Waals surface area contributed by atoms with E-state index in [1.165, 1.54) is 6.08 Å². The van der Waals surface area contributed by atoms with E-state index in [0.29, 0.717) is 6.61 Å². The number of halogens is 1. The van der Waals surface area contributed by atoms with Crippen LogP contribution in [0.4, 0.5) is 4.39 Å². The summed E-state index contributed by atoms with van der Waals surface area (Å²) in [6.45, 7) is 2.52. The summed E-state index contributed by atoms with van der Waals surface area (Å²) in [5.74, 6) is 0.595. The molecule has 10 heavy (non-hydrogen) atoms. The molecule has 2 heteroatoms. The second-order valence-corrected chi connectivity index (χ2v) is 2.17. The Balaban J connectivity index is 2.51. The summed E-state index contributed by atoms with van der Waals surface area (Å²) in [6, 6.07) is 0. The molecular formula is C8H11FO. The van der Waals surface area contributed by atoms with Crippen LogP contribution < -0.4 is 0 Å². The molecule has 0 amide bonds. The molecule has 1 aliphatic carbocycles. The molecule has 1 aliphatic rings. The summed E-state index contributed by atoms with van der Waals surface area (Å²) in [7, 11) is 0. The van der Waals surface area contributed by atoms with Gasteiger partial charge in [0.2, 0.25) is 0 Å². The number of hydrogen-bond donors (Lipinski definition) is 0. The van der Waals surface area contributed by atoms with Gasteiger partial charge in [-0.3, -0.25) is 0 Å². The van der Waals surface area contributed by atoms with Gasteiger partial charge in [0, 0.05) is 12.5 Å². The van der Waals surface area contributed by atoms with Crippen LogP contribution in [0.1, 0.15) is 19.8 Å². The molecule has 1 nitrogen and oxygen atoms in total. The van der Waals surface area contributed by atoms with Crippen molar-refractivity contribution in [2.75, 3.05) is 6.61 Å². The fraction of sp³-hybridized carbons (Fsp3) is 0.500. The van der Waals surface area contributed by atoms with E-state index in [4.69, 9.17) is 4.74 Å². The molecule has 0 aliphatic heterocycles. The Labute approximate surface area is 60.2 Å². The van der Waals surface area contributed by atoms with Crippen LogP contribution in [0.2, 0.25) is 0 Å². The number of rotatable bonds is 2. The first-order valence-corrected chi connectivity index (χ1v) is 3.52. The lowest BCUT2D eigenvalue weighted by atomic mass is 10.1. The molecule has 0 saturated carbocycles. The standard InChI is InChI=1S/C8H11FO/c1-2-10-8-5-3-4-7(9)6-8/h4,6H,2-3,5H2,1H3. The van der Waals surface area contributed by atoms with Crippen molar-refractivity contribution < 1.29 is 9.13 Å². The third-order valence-electron chi connectivity index (χ3n) is 1.36. The van der Waals surface area contributed by atoms with Gasteiger partial charge in [-0.15, -0.1) is 0 Å². The van der Waals surface area contributed by atoms with Gasteiger partial charge in [-0.05, 0) is 19.4 Å². The van der Waals surface area contributed by atoms with Crippen molar-refractivity contribution in [3.63, 3.8) is 0 Å². The van der Waals surface area contributed by atoms with Gasteiger partial charge in [-0.2, -0.15) is 0 Å². The van der Waals surface area contributed by atoms with Crippen molar-refractivity contribution >= 4 is 0 Å². The lowest BCUT2D eigenvalue weighted by Gasteiger charge is -2.09. The summed E-state index contributed by atoms with van der Waals surface area (Å²) in [5.41, 5.74) is 0. The van der Waals surface area contributed by atoms with Crippen molar-refractivity contribution in [1.29, 1.82) is 0 Å². The lowest BCUT2D eigenvalue weighted by molar-refractivity contribution is 0.216. The smallest absolute Gasteiger partial charge is 0.122 e. The second-order valence-electron chi connectivity index (χ2n) is 2.17. The normalized spacial score (nSPS) is 17.8. The largest absolute Gasteiger partial charge is 0.498 e. The molecule has 0 N–H and O–H groups in total. The SMILES string of the molecule is CCOC1=CC(F)=CCC1. The van der Waals surface area contributed by atoms with Crippen LogP contribution in [-0.2, 0) is 4.74 Å². The second kappa shape index (κ2) is 3.40. The van der Waals surface area contributed by atoms with Gasteiger partial charge in [0.15, 0.2) is 0 Å². The van der Waals surface area contributed by atoms with Crippen molar-refractivity contribution in [1.82, 2.24) is 0 Å². The quantitative estimate of drug-likeness (QED) is 0.575. The zero-order chi connectivity index (χ0) is 7.40. The Morgan fingerprint density at radius 1 is 1.70 bits per heavy atom. The first-order valence-electron chi connectivity index (χ1n) is 3.52. The Morgan fingerprint density at radius 3 is 3.10 bits per heavy atom. The zero-order valence-electron chi connectivity index (χ0n) is 6.06. The topological polar surface area (TPSA) is 9.23 Å². The first kappa shape index (κ1) is 7.32. The maximum absolute atomic E-state index is 12.5. The molecule has 0 bridgehead atoms. The van der Waals surface area contributed by atoms with Gasteiger partial charge in [0.25, 0.3) is 0 Å². The molecule has 1 rings (SSSR count). The molecule has 0 aromatic heterocycles. The van der Waals surface area contributed by atoms with Crippen molar-refractivity contribution in [3.05, 3.63) is 23.7 Å². The Hall–Kier alpha value is -0.790. The molecule has 56 valence electrons. The van der Waals surface area contributed by atoms with E-state index in [1.807, 2.05) is 6.92 Å².